The second-order valence-corrected chi connectivity index (χ2v) is 8.33. The van der Waals surface area contributed by atoms with Crippen LogP contribution in [-0.4, -0.2) is 28.4 Å². The second kappa shape index (κ2) is 6.21. The van der Waals surface area contributed by atoms with E-state index in [1.807, 2.05) is 6.92 Å². The number of allylic oxidation sites excluding steroid dienone is 1. The van der Waals surface area contributed by atoms with E-state index in [-0.39, 0.29) is 47.1 Å². The van der Waals surface area contributed by atoms with Crippen LogP contribution in [-0.2, 0) is 4.79 Å². The number of thioether (sulfide) groups is 1. The van der Waals surface area contributed by atoms with Crippen molar-refractivity contribution in [3.63, 3.8) is 0 Å². The lowest BCUT2D eigenvalue weighted by Gasteiger charge is -2.48. The van der Waals surface area contributed by atoms with Gasteiger partial charge in [0.05, 0.1) is 11.4 Å². The van der Waals surface area contributed by atoms with Crippen molar-refractivity contribution in [3.05, 3.63) is 46.9 Å². The molecule has 1 aromatic rings. The third-order valence-electron chi connectivity index (χ3n) is 5.82. The number of piperidine rings is 1. The van der Waals surface area contributed by atoms with Crippen LogP contribution in [0.1, 0.15) is 42.9 Å². The van der Waals surface area contributed by atoms with Gasteiger partial charge < -0.3 is 16.2 Å². The zero-order valence-corrected chi connectivity index (χ0v) is 14.6. The summed E-state index contributed by atoms with van der Waals surface area (Å²) >= 11 is 1.60. The Labute approximate surface area is 146 Å². The summed E-state index contributed by atoms with van der Waals surface area (Å²) in [5.41, 5.74) is 8.21. The lowest BCUT2D eigenvalue weighted by molar-refractivity contribution is -0.126. The summed E-state index contributed by atoms with van der Waals surface area (Å²) in [6.07, 6.45) is 3.40. The number of aliphatic hydroxyl groups is 1. The molecule has 4 nitrogen and oxygen atoms in total. The van der Waals surface area contributed by atoms with Gasteiger partial charge in [0.15, 0.2) is 0 Å². The molecule has 1 aromatic carbocycles. The number of fused-ring (bicyclic) bond motifs is 3. The van der Waals surface area contributed by atoms with Crippen LogP contribution in [0.15, 0.2) is 35.7 Å². The third kappa shape index (κ3) is 2.59. The summed E-state index contributed by atoms with van der Waals surface area (Å²) in [5.74, 6) is 0.673. The molecule has 1 saturated heterocycles. The Hall–Kier alpha value is -1.30. The van der Waals surface area contributed by atoms with Crippen molar-refractivity contribution in [1.82, 2.24) is 5.32 Å². The van der Waals surface area contributed by atoms with E-state index in [0.29, 0.717) is 0 Å². The van der Waals surface area contributed by atoms with E-state index in [0.717, 1.165) is 24.0 Å². The predicted octanol–water partition coefficient (Wildman–Crippen LogP) is 2.30. The minimum absolute atomic E-state index is 0.00981. The van der Waals surface area contributed by atoms with Crippen molar-refractivity contribution in [3.8, 4) is 0 Å². The van der Waals surface area contributed by atoms with Crippen molar-refractivity contribution in [2.24, 2.45) is 17.6 Å². The average Bonchev–Trinajstić information content (AvgIpc) is 3.06. The molecule has 0 radical (unpaired) electrons. The molecule has 0 spiro atoms. The van der Waals surface area contributed by atoms with Gasteiger partial charge in [-0.2, -0.15) is 0 Å². The van der Waals surface area contributed by atoms with Crippen LogP contribution in [0.5, 0.6) is 0 Å². The molecular weight excluding hydrogens is 320 g/mol. The van der Waals surface area contributed by atoms with Gasteiger partial charge in [0.1, 0.15) is 0 Å². The molecule has 4 rings (SSSR count). The SMILES string of the molecule is C[C@H](N)c1ccc(C2C(O)CCC3NC(=O)C4SC=CC4C32)cc1. The third-order valence-corrected chi connectivity index (χ3v) is 6.96. The van der Waals surface area contributed by atoms with Gasteiger partial charge in [0.2, 0.25) is 5.91 Å². The first-order valence-electron chi connectivity index (χ1n) is 8.72. The predicted molar refractivity (Wildman–Crippen MR) is 96.5 cm³/mol. The number of rotatable bonds is 2. The maximum absolute atomic E-state index is 12.3. The molecule has 128 valence electrons. The molecule has 0 aromatic heterocycles. The number of hydrogen-bond acceptors (Lipinski definition) is 4. The van der Waals surface area contributed by atoms with Crippen molar-refractivity contribution in [2.75, 3.05) is 0 Å². The molecule has 6 unspecified atom stereocenters. The lowest BCUT2D eigenvalue weighted by atomic mass is 9.63. The molecule has 2 aliphatic heterocycles. The number of amides is 1. The fraction of sp³-hybridized carbons (Fsp3) is 0.526. The quantitative estimate of drug-likeness (QED) is 0.769. The number of nitrogens with one attached hydrogen (secondary N) is 1. The number of hydrogen-bond donors (Lipinski definition) is 3. The van der Waals surface area contributed by atoms with E-state index < -0.39 is 0 Å². The maximum atomic E-state index is 12.3. The topological polar surface area (TPSA) is 75.3 Å². The number of aliphatic hydroxyl groups excluding tert-OH is 1. The molecule has 4 N–H and O–H groups in total. The van der Waals surface area contributed by atoms with Crippen LogP contribution in [0.3, 0.4) is 0 Å². The largest absolute Gasteiger partial charge is 0.392 e. The minimum Gasteiger partial charge on any atom is -0.392 e. The van der Waals surface area contributed by atoms with Crippen molar-refractivity contribution in [1.29, 1.82) is 0 Å². The normalized spacial score (nSPS) is 39.0. The standard InChI is InChI=1S/C19H24N2O2S/c1-10(20)11-2-4-12(5-3-11)16-15(22)7-6-14-17(16)13-8-9-24-18(13)19(23)21-14/h2-5,8-10,13-18,22H,6-7,20H2,1H3,(H,21,23)/t10-,13?,14?,15?,16?,17?,18?/m0/s1. The summed E-state index contributed by atoms with van der Waals surface area (Å²) in [7, 11) is 0. The average molecular weight is 344 g/mol. The van der Waals surface area contributed by atoms with Gasteiger partial charge in [-0.25, -0.2) is 0 Å². The first kappa shape index (κ1) is 16.2. The van der Waals surface area contributed by atoms with Gasteiger partial charge in [0, 0.05) is 23.9 Å². The van der Waals surface area contributed by atoms with Crippen molar-refractivity contribution < 1.29 is 9.90 Å². The van der Waals surface area contributed by atoms with E-state index in [1.54, 1.807) is 11.8 Å². The summed E-state index contributed by atoms with van der Waals surface area (Å²) in [5, 5.41) is 16.0. The van der Waals surface area contributed by atoms with Crippen LogP contribution in [0.4, 0.5) is 0 Å². The first-order valence-corrected chi connectivity index (χ1v) is 9.66. The Balaban J connectivity index is 1.69. The van der Waals surface area contributed by atoms with Crippen LogP contribution in [0, 0.1) is 11.8 Å². The molecule has 2 heterocycles. The lowest BCUT2D eigenvalue weighted by Crippen LogP contribution is -2.59. The van der Waals surface area contributed by atoms with Gasteiger partial charge in [0.25, 0.3) is 0 Å². The second-order valence-electron chi connectivity index (χ2n) is 7.28. The molecule has 3 aliphatic rings. The van der Waals surface area contributed by atoms with E-state index in [1.165, 1.54) is 0 Å². The Morgan fingerprint density at radius 1 is 1.29 bits per heavy atom. The van der Waals surface area contributed by atoms with Crippen molar-refractivity contribution >= 4 is 17.7 Å². The Bertz CT molecular complexity index is 658. The molecule has 1 aliphatic carbocycles. The summed E-state index contributed by atoms with van der Waals surface area (Å²) in [6, 6.07) is 8.50. The Morgan fingerprint density at radius 2 is 2.04 bits per heavy atom. The Kier molecular flexibility index (Phi) is 4.19. The number of carbonyl (C=O) groups excluding carboxylic acids is 1. The molecule has 2 fully saturated rings. The highest BCUT2D eigenvalue weighted by Gasteiger charge is 2.51. The fourth-order valence-electron chi connectivity index (χ4n) is 4.62. The molecule has 1 amide bonds. The molecule has 1 saturated carbocycles. The highest BCUT2D eigenvalue weighted by molar-refractivity contribution is 8.03. The zero-order valence-electron chi connectivity index (χ0n) is 13.8. The molecule has 7 atom stereocenters. The Morgan fingerprint density at radius 3 is 2.75 bits per heavy atom. The van der Waals surface area contributed by atoms with Gasteiger partial charge in [-0.1, -0.05) is 30.3 Å². The number of carbonyl (C=O) groups is 1. The first-order chi connectivity index (χ1) is 11.6. The van der Waals surface area contributed by atoms with Gasteiger partial charge in [-0.3, -0.25) is 4.79 Å². The molecule has 0 bridgehead atoms. The van der Waals surface area contributed by atoms with Crippen LogP contribution in [0.2, 0.25) is 0 Å². The van der Waals surface area contributed by atoms with Crippen LogP contribution in [0.25, 0.3) is 0 Å². The van der Waals surface area contributed by atoms with Gasteiger partial charge in [-0.05, 0) is 42.2 Å². The summed E-state index contributed by atoms with van der Waals surface area (Å²) in [6.45, 7) is 1.97. The monoisotopic (exact) mass is 344 g/mol. The summed E-state index contributed by atoms with van der Waals surface area (Å²) in [4.78, 5) is 12.3. The number of nitrogens with two attached hydrogens (primary N) is 1. The molecule has 24 heavy (non-hydrogen) atoms. The molecular formula is C19H24N2O2S. The highest BCUT2D eigenvalue weighted by atomic mass is 32.2. The molecule has 5 heteroatoms. The van der Waals surface area contributed by atoms with Gasteiger partial charge in [-0.15, -0.1) is 11.8 Å². The van der Waals surface area contributed by atoms with E-state index in [4.69, 9.17) is 5.73 Å². The van der Waals surface area contributed by atoms with E-state index in [9.17, 15) is 9.90 Å². The van der Waals surface area contributed by atoms with Crippen LogP contribution < -0.4 is 11.1 Å². The minimum atomic E-state index is -0.359. The fourth-order valence-corrected chi connectivity index (χ4v) is 5.70. The van der Waals surface area contributed by atoms with Crippen molar-refractivity contribution in [2.45, 2.75) is 49.1 Å². The highest BCUT2D eigenvalue weighted by Crippen LogP contribution is 2.50. The van der Waals surface area contributed by atoms with E-state index >= 15 is 0 Å². The number of benzene rings is 1. The maximum Gasteiger partial charge on any atom is 0.234 e. The van der Waals surface area contributed by atoms with Crippen LogP contribution >= 0.6 is 11.8 Å². The van der Waals surface area contributed by atoms with E-state index in [2.05, 4.69) is 41.1 Å². The smallest absolute Gasteiger partial charge is 0.234 e. The zero-order chi connectivity index (χ0) is 16.8. The van der Waals surface area contributed by atoms with Gasteiger partial charge >= 0.3 is 0 Å². The summed E-state index contributed by atoms with van der Waals surface area (Å²) < 4.78 is 0.